The first-order valence-electron chi connectivity index (χ1n) is 12.2. The molecule has 0 radical (unpaired) electrons. The lowest BCUT2D eigenvalue weighted by molar-refractivity contribution is -0.144. The topological polar surface area (TPSA) is 99.2 Å². The second-order valence-corrected chi connectivity index (χ2v) is 9.32. The van der Waals surface area contributed by atoms with Crippen molar-refractivity contribution in [3.05, 3.63) is 59.7 Å². The molecule has 35 heavy (non-hydrogen) atoms. The van der Waals surface area contributed by atoms with Crippen molar-refractivity contribution in [1.29, 1.82) is 0 Å². The van der Waals surface area contributed by atoms with Gasteiger partial charge in [-0.05, 0) is 35.6 Å². The maximum atomic E-state index is 12.8. The van der Waals surface area contributed by atoms with Crippen molar-refractivity contribution < 1.29 is 24.2 Å². The van der Waals surface area contributed by atoms with Crippen LogP contribution in [0.15, 0.2) is 48.5 Å². The molecule has 2 N–H and O–H groups in total. The molecule has 1 heterocycles. The van der Waals surface area contributed by atoms with Crippen LogP contribution >= 0.6 is 0 Å². The first-order valence-corrected chi connectivity index (χ1v) is 12.2. The van der Waals surface area contributed by atoms with Crippen molar-refractivity contribution in [2.24, 2.45) is 5.92 Å². The standard InChI is InChI=1S/C27H33N3O5/c1-18(25(31)30-15-13-29(14-16-30)19(2)26(32)33)11-12-28-27(34)35-17-24-22-9-5-3-7-20(22)21-8-4-6-10-23(21)24/h3-10,18-19,24H,11-17H2,1-2H3,(H,28,34)(H,32,33). The van der Waals surface area contributed by atoms with Gasteiger partial charge in [0.1, 0.15) is 12.6 Å². The minimum absolute atomic E-state index is 0.0103. The summed E-state index contributed by atoms with van der Waals surface area (Å²) >= 11 is 0. The van der Waals surface area contributed by atoms with E-state index in [0.29, 0.717) is 39.1 Å². The number of alkyl carbamates (subject to hydrolysis) is 1. The molecule has 8 heteroatoms. The summed E-state index contributed by atoms with van der Waals surface area (Å²) in [7, 11) is 0. The Morgan fingerprint density at radius 2 is 1.54 bits per heavy atom. The Labute approximate surface area is 205 Å². The number of benzene rings is 2. The van der Waals surface area contributed by atoms with Crippen LogP contribution in [0.4, 0.5) is 4.79 Å². The molecule has 1 fully saturated rings. The number of hydrogen-bond donors (Lipinski definition) is 2. The second-order valence-electron chi connectivity index (χ2n) is 9.32. The predicted molar refractivity (Wildman–Crippen MR) is 132 cm³/mol. The highest BCUT2D eigenvalue weighted by Gasteiger charge is 2.30. The largest absolute Gasteiger partial charge is 0.480 e. The highest BCUT2D eigenvalue weighted by atomic mass is 16.5. The third-order valence-corrected chi connectivity index (χ3v) is 7.14. The number of aliphatic carboxylic acids is 1. The van der Waals surface area contributed by atoms with Gasteiger partial charge in [-0.25, -0.2) is 4.79 Å². The lowest BCUT2D eigenvalue weighted by Gasteiger charge is -2.37. The van der Waals surface area contributed by atoms with Crippen LogP contribution < -0.4 is 5.32 Å². The lowest BCUT2D eigenvalue weighted by Crippen LogP contribution is -2.54. The molecule has 186 valence electrons. The van der Waals surface area contributed by atoms with Gasteiger partial charge in [0, 0.05) is 44.6 Å². The summed E-state index contributed by atoms with van der Waals surface area (Å²) in [5.74, 6) is -1.05. The van der Waals surface area contributed by atoms with E-state index in [2.05, 4.69) is 29.6 Å². The highest BCUT2D eigenvalue weighted by molar-refractivity contribution is 5.80. The van der Waals surface area contributed by atoms with E-state index in [0.717, 1.165) is 0 Å². The molecule has 2 aromatic carbocycles. The Balaban J connectivity index is 1.20. The summed E-state index contributed by atoms with van der Waals surface area (Å²) in [6.07, 6.45) is 0.0252. The summed E-state index contributed by atoms with van der Waals surface area (Å²) in [6.45, 7) is 6.24. The number of hydrogen-bond acceptors (Lipinski definition) is 5. The number of nitrogens with one attached hydrogen (secondary N) is 1. The number of piperazine rings is 1. The van der Waals surface area contributed by atoms with Gasteiger partial charge in [0.25, 0.3) is 0 Å². The van der Waals surface area contributed by atoms with E-state index in [4.69, 9.17) is 9.84 Å². The Morgan fingerprint density at radius 1 is 0.971 bits per heavy atom. The van der Waals surface area contributed by atoms with Gasteiger partial charge in [-0.2, -0.15) is 0 Å². The van der Waals surface area contributed by atoms with Crippen LogP contribution in [0.3, 0.4) is 0 Å². The van der Waals surface area contributed by atoms with Crippen LogP contribution in [0.2, 0.25) is 0 Å². The second kappa shape index (κ2) is 10.9. The number of ether oxygens (including phenoxy) is 1. The molecule has 4 rings (SSSR count). The van der Waals surface area contributed by atoms with E-state index in [1.54, 1.807) is 11.8 Å². The molecule has 0 saturated carbocycles. The van der Waals surface area contributed by atoms with Crippen LogP contribution in [0.1, 0.15) is 37.3 Å². The summed E-state index contributed by atoms with van der Waals surface area (Å²) in [5, 5.41) is 11.9. The van der Waals surface area contributed by atoms with Crippen molar-refractivity contribution in [3.8, 4) is 11.1 Å². The number of carboxylic acids is 1. The van der Waals surface area contributed by atoms with Gasteiger partial charge >= 0.3 is 12.1 Å². The smallest absolute Gasteiger partial charge is 0.407 e. The molecule has 2 unspecified atom stereocenters. The van der Waals surface area contributed by atoms with E-state index in [9.17, 15) is 14.4 Å². The molecule has 2 aliphatic rings. The number of amides is 2. The monoisotopic (exact) mass is 479 g/mol. The normalized spacial score (nSPS) is 17.3. The lowest BCUT2D eigenvalue weighted by atomic mass is 9.98. The minimum atomic E-state index is -0.850. The fourth-order valence-corrected chi connectivity index (χ4v) is 4.96. The van der Waals surface area contributed by atoms with Gasteiger partial charge < -0.3 is 20.1 Å². The van der Waals surface area contributed by atoms with Crippen molar-refractivity contribution in [1.82, 2.24) is 15.1 Å². The average Bonchev–Trinajstić information content (AvgIpc) is 3.20. The Hall–Kier alpha value is -3.39. The first-order chi connectivity index (χ1) is 16.9. The Morgan fingerprint density at radius 3 is 2.11 bits per heavy atom. The molecule has 0 bridgehead atoms. The fourth-order valence-electron chi connectivity index (χ4n) is 4.96. The van der Waals surface area contributed by atoms with Crippen molar-refractivity contribution >= 4 is 18.0 Å². The van der Waals surface area contributed by atoms with Gasteiger partial charge in [-0.1, -0.05) is 55.5 Å². The Kier molecular flexibility index (Phi) is 7.70. The number of carbonyl (C=O) groups is 3. The van der Waals surface area contributed by atoms with Gasteiger partial charge in [0.15, 0.2) is 0 Å². The van der Waals surface area contributed by atoms with Crippen molar-refractivity contribution in [2.75, 3.05) is 39.3 Å². The summed E-state index contributed by atoms with van der Waals surface area (Å²) < 4.78 is 5.55. The molecule has 1 saturated heterocycles. The molecule has 1 aliphatic heterocycles. The van der Waals surface area contributed by atoms with Crippen LogP contribution in [-0.2, 0) is 14.3 Å². The van der Waals surface area contributed by atoms with Crippen LogP contribution in [-0.4, -0.2) is 78.2 Å². The van der Waals surface area contributed by atoms with Crippen LogP contribution in [0.25, 0.3) is 11.1 Å². The number of carboxylic acid groups (broad SMARTS) is 1. The number of nitrogens with zero attached hydrogens (tertiary/aromatic N) is 2. The van der Waals surface area contributed by atoms with Gasteiger partial charge in [-0.15, -0.1) is 0 Å². The first kappa shape index (κ1) is 24.7. The van der Waals surface area contributed by atoms with Gasteiger partial charge in [0.2, 0.25) is 5.91 Å². The minimum Gasteiger partial charge on any atom is -0.480 e. The number of carbonyl (C=O) groups excluding carboxylic acids is 2. The summed E-state index contributed by atoms with van der Waals surface area (Å²) in [5.41, 5.74) is 4.70. The SMILES string of the molecule is CC(CCNC(=O)OCC1c2ccccc2-c2ccccc21)C(=O)N1CCN(C(C)C(=O)O)CC1. The molecule has 0 spiro atoms. The highest BCUT2D eigenvalue weighted by Crippen LogP contribution is 2.44. The van der Waals surface area contributed by atoms with E-state index in [1.165, 1.54) is 22.3 Å². The van der Waals surface area contributed by atoms with Gasteiger partial charge in [0.05, 0.1) is 0 Å². The third-order valence-electron chi connectivity index (χ3n) is 7.14. The van der Waals surface area contributed by atoms with Gasteiger partial charge in [-0.3, -0.25) is 14.5 Å². The van der Waals surface area contributed by atoms with E-state index in [1.807, 2.05) is 36.1 Å². The summed E-state index contributed by atoms with van der Waals surface area (Å²) in [6, 6.07) is 15.8. The molecule has 2 atom stereocenters. The van der Waals surface area contributed by atoms with Crippen molar-refractivity contribution in [2.45, 2.75) is 32.2 Å². The molecular formula is C27H33N3O5. The molecule has 8 nitrogen and oxygen atoms in total. The summed E-state index contributed by atoms with van der Waals surface area (Å²) in [4.78, 5) is 39.9. The Bertz CT molecular complexity index is 1030. The fraction of sp³-hybridized carbons (Fsp3) is 0.444. The maximum absolute atomic E-state index is 12.8. The third kappa shape index (κ3) is 5.48. The van der Waals surface area contributed by atoms with E-state index < -0.39 is 18.1 Å². The van der Waals surface area contributed by atoms with E-state index in [-0.39, 0.29) is 24.3 Å². The zero-order valence-corrected chi connectivity index (χ0v) is 20.3. The average molecular weight is 480 g/mol. The molecule has 0 aromatic heterocycles. The molecule has 2 amide bonds. The zero-order valence-electron chi connectivity index (χ0n) is 20.3. The molecule has 2 aromatic rings. The van der Waals surface area contributed by atoms with Crippen molar-refractivity contribution in [3.63, 3.8) is 0 Å². The zero-order chi connectivity index (χ0) is 24.9. The molecular weight excluding hydrogens is 446 g/mol. The van der Waals surface area contributed by atoms with Crippen LogP contribution in [0.5, 0.6) is 0 Å². The number of rotatable bonds is 8. The molecule has 1 aliphatic carbocycles. The van der Waals surface area contributed by atoms with Crippen LogP contribution in [0, 0.1) is 5.92 Å². The van der Waals surface area contributed by atoms with E-state index >= 15 is 0 Å². The maximum Gasteiger partial charge on any atom is 0.407 e. The number of fused-ring (bicyclic) bond motifs is 3. The predicted octanol–water partition coefficient (Wildman–Crippen LogP) is 3.17. The quantitative estimate of drug-likeness (QED) is 0.604.